The second kappa shape index (κ2) is 28.5. The van der Waals surface area contributed by atoms with Crippen molar-refractivity contribution in [2.75, 3.05) is 20.1 Å². The zero-order chi connectivity index (χ0) is 42.9. The van der Waals surface area contributed by atoms with Gasteiger partial charge in [-0.25, -0.2) is 0 Å². The van der Waals surface area contributed by atoms with Gasteiger partial charge in [-0.15, -0.1) is 0 Å². The second-order valence-corrected chi connectivity index (χ2v) is 31.7. The molecule has 0 heterocycles. The van der Waals surface area contributed by atoms with Gasteiger partial charge in [-0.1, -0.05) is 122 Å². The number of hydrogen-bond donors (Lipinski definition) is 0. The van der Waals surface area contributed by atoms with Crippen molar-refractivity contribution in [2.45, 2.75) is 63.6 Å². The van der Waals surface area contributed by atoms with Crippen LogP contribution in [-0.4, -0.2) is 32.3 Å². The van der Waals surface area contributed by atoms with E-state index in [2.05, 4.69) is 121 Å². The van der Waals surface area contributed by atoms with Crippen molar-refractivity contribution >= 4 is 107 Å². The normalized spacial score (nSPS) is 15.6. The largest absolute Gasteiger partial charge is 1.00 e. The first kappa shape index (κ1) is 54.8. The summed E-state index contributed by atoms with van der Waals surface area (Å²) >= 11 is 22.0. The molecule has 0 N–H and O–H groups in total. The average molecular weight is 1360 g/mol. The first-order chi connectivity index (χ1) is 29.6. The molecule has 0 saturated heterocycles. The summed E-state index contributed by atoms with van der Waals surface area (Å²) in [6, 6.07) is 59.7. The van der Waals surface area contributed by atoms with Crippen LogP contribution in [0.5, 0.6) is 11.5 Å². The van der Waals surface area contributed by atoms with Crippen LogP contribution in [0.15, 0.2) is 170 Å². The molecule has 0 spiro atoms. The summed E-state index contributed by atoms with van der Waals surface area (Å²) in [5.74, 6) is 2.89. The fourth-order valence-electron chi connectivity index (χ4n) is 7.51. The van der Waals surface area contributed by atoms with E-state index in [1.54, 1.807) is 14.2 Å². The van der Waals surface area contributed by atoms with Gasteiger partial charge in [0.1, 0.15) is 48.6 Å². The molecule has 2 fully saturated rings. The molecular weight excluding hydrogens is 1300 g/mol. The average Bonchev–Trinajstić information content (AvgIpc) is 4.03. The van der Waals surface area contributed by atoms with Gasteiger partial charge in [0.25, 0.3) is 0 Å². The third-order valence-electron chi connectivity index (χ3n) is 10.8. The zero-order valence-corrected chi connectivity index (χ0v) is 46.8. The van der Waals surface area contributed by atoms with E-state index < -0.39 is 26.8 Å². The third-order valence-corrected chi connectivity index (χ3v) is 24.3. The predicted molar refractivity (Wildman–Crippen MR) is 281 cm³/mol. The van der Waals surface area contributed by atoms with Gasteiger partial charge >= 0.3 is 44.8 Å². The first-order valence-corrected chi connectivity index (χ1v) is 31.7. The van der Waals surface area contributed by atoms with Crippen molar-refractivity contribution in [1.29, 1.82) is 0 Å². The van der Waals surface area contributed by atoms with Gasteiger partial charge in [0.15, 0.2) is 5.90 Å². The molecule has 14 heteroatoms. The van der Waals surface area contributed by atoms with E-state index in [0.717, 1.165) is 47.8 Å². The zero-order valence-electron chi connectivity index (χ0n) is 35.4. The quantitative estimate of drug-likeness (QED) is 0.0607. The molecule has 2 saturated carbocycles. The Hall–Kier alpha value is -0.819. The molecule has 0 aliphatic heterocycles. The maximum absolute atomic E-state index is 5.96. The van der Waals surface area contributed by atoms with Gasteiger partial charge in [-0.3, -0.25) is 0 Å². The number of methoxy groups -OCH3 is 2. The van der Waals surface area contributed by atoms with Gasteiger partial charge in [0.2, 0.25) is 0 Å². The van der Waals surface area contributed by atoms with Gasteiger partial charge in [0.05, 0.1) is 26.4 Å². The maximum atomic E-state index is 5.96. The van der Waals surface area contributed by atoms with Crippen LogP contribution < -0.4 is 41.3 Å². The summed E-state index contributed by atoms with van der Waals surface area (Å²) in [4.78, 5) is 0. The summed E-state index contributed by atoms with van der Waals surface area (Å²) < 4.78 is 22.2. The van der Waals surface area contributed by atoms with Crippen LogP contribution in [0.25, 0.3) is 0 Å². The molecule has 63 heavy (non-hydrogen) atoms. The third kappa shape index (κ3) is 17.3. The number of hydrogen-bond acceptors (Lipinski definition) is 8. The Morgan fingerprint density at radius 1 is 0.444 bits per heavy atom. The van der Waals surface area contributed by atoms with Crippen molar-refractivity contribution in [3.05, 3.63) is 170 Å². The molecule has 340 valence electrons. The Labute approximate surface area is 430 Å². The molecule has 0 radical (unpaired) electrons. The molecule has 0 amide bonds. The van der Waals surface area contributed by atoms with Crippen LogP contribution in [0.2, 0.25) is 0 Å². The van der Waals surface area contributed by atoms with E-state index in [1.807, 2.05) is 48.5 Å². The molecule has 2 aliphatic rings. The van der Waals surface area contributed by atoms with Gasteiger partial charge < -0.3 is 43.0 Å². The summed E-state index contributed by atoms with van der Waals surface area (Å²) in [6.45, 7) is 0. The van der Waals surface area contributed by atoms with E-state index in [-0.39, 0.29) is 57.0 Å². The van der Waals surface area contributed by atoms with E-state index >= 15 is 0 Å². The van der Waals surface area contributed by atoms with Gasteiger partial charge in [-0.2, -0.15) is 0 Å². The Bertz CT molecular complexity index is 2030. The van der Waals surface area contributed by atoms with E-state index in [0.29, 0.717) is 0 Å². The smallest absolute Gasteiger partial charge is 0.715 e. The molecule has 8 rings (SSSR count). The molecular formula is C49H56Au2O4P4S4+2. The van der Waals surface area contributed by atoms with Crippen LogP contribution in [0.1, 0.15) is 51.4 Å². The first-order valence-electron chi connectivity index (χ1n) is 20.9. The van der Waals surface area contributed by atoms with E-state index in [9.17, 15) is 0 Å². The number of benzene rings is 6. The van der Waals surface area contributed by atoms with E-state index in [1.165, 1.54) is 52.8 Å². The van der Waals surface area contributed by atoms with Crippen LogP contribution in [0.4, 0.5) is 0 Å². The van der Waals surface area contributed by atoms with Gasteiger partial charge in [-0.05, 0) is 144 Å². The maximum Gasteiger partial charge on any atom is 1.00 e. The minimum Gasteiger partial charge on any atom is -0.715 e. The molecule has 4 nitrogen and oxygen atoms in total. The summed E-state index contributed by atoms with van der Waals surface area (Å²) in [5, 5.41) is 7.92. The number of rotatable bonds is 14. The molecule has 0 aromatic heterocycles. The van der Waals surface area contributed by atoms with Crippen LogP contribution in [0, 0.1) is 0 Å². The fraction of sp³-hybridized carbons (Fsp3) is 0.265. The van der Waals surface area contributed by atoms with Crippen molar-refractivity contribution < 1.29 is 63.3 Å². The monoisotopic (exact) mass is 1350 g/mol. The Morgan fingerprint density at radius 2 is 0.698 bits per heavy atom. The number of ether oxygens (including phenoxy) is 2. The van der Waals surface area contributed by atoms with Crippen LogP contribution in [0.3, 0.4) is 0 Å². The van der Waals surface area contributed by atoms with Crippen LogP contribution in [-0.2, 0) is 102 Å². The minimum absolute atomic E-state index is 0. The second-order valence-electron chi connectivity index (χ2n) is 15.0. The topological polar surface area (TPSA) is 36.9 Å². The Kier molecular flexibility index (Phi) is 24.8. The standard InChI is InChI=1S/C25H22P2.2C12H17O2PS2.2Au/c1-5-13-22(14-6-1)26(23-15-7-2-8-16-23)21-27(24-17-9-3-10-18-24)25-19-11-4-12-20-25;2*1-13-10-6-8-12(9-7-10)15(16,17)14-11-4-2-3-5-11;;/h1-20H,21H2;2*6-9,11H,2-5H2,1H3,(H,16,17);;/q;;;2*+1. The van der Waals surface area contributed by atoms with E-state index in [4.69, 9.17) is 66.6 Å². The summed E-state index contributed by atoms with van der Waals surface area (Å²) in [6.07, 6.45) is 9.90. The molecule has 6 aromatic carbocycles. The minimum atomic E-state index is -2.26. The van der Waals surface area contributed by atoms with Crippen molar-refractivity contribution in [1.82, 2.24) is 0 Å². The Morgan fingerprint density at radius 3 is 0.937 bits per heavy atom. The van der Waals surface area contributed by atoms with Crippen molar-refractivity contribution in [3.8, 4) is 11.5 Å². The summed E-state index contributed by atoms with van der Waals surface area (Å²) in [5.41, 5.74) is -4.53. The molecule has 0 bridgehead atoms. The van der Waals surface area contributed by atoms with Gasteiger partial charge in [0, 0.05) is 0 Å². The molecule has 2 aliphatic carbocycles. The SMILES string of the molecule is COc1ccc(P(=S)([S-])OC2CCCC2)cc1.COc1ccc(P(=S)([S-])OC2CCCC2)cc1.[Au+].[Au+].c1ccc([PH+](C[PH+](c2ccccc2)c2ccccc2)c2ccccc2)cc1. The van der Waals surface area contributed by atoms with Crippen molar-refractivity contribution in [3.63, 3.8) is 0 Å². The summed E-state index contributed by atoms with van der Waals surface area (Å²) in [7, 11) is 1.60. The molecule has 6 aromatic rings. The molecule has 2 atom stereocenters. The van der Waals surface area contributed by atoms with Crippen molar-refractivity contribution in [2.24, 2.45) is 0 Å². The predicted octanol–water partition coefficient (Wildman–Crippen LogP) is 10.9. The fourth-order valence-corrected chi connectivity index (χ4v) is 20.6. The Balaban J connectivity index is 0.000000213. The molecule has 2 unspecified atom stereocenters. The van der Waals surface area contributed by atoms with Crippen LogP contribution >= 0.6 is 26.8 Å².